The number of aromatic nitrogens is 2. The highest BCUT2D eigenvalue weighted by Crippen LogP contribution is 2.19. The van der Waals surface area contributed by atoms with Gasteiger partial charge in [-0.05, 0) is 51.3 Å². The number of carbonyl (C=O) groups excluding carboxylic acids is 3. The minimum atomic E-state index is -0.233. The Hall–Kier alpha value is -3.20. The molecule has 1 atom stereocenters. The molecule has 1 aromatic heterocycles. The predicted octanol–water partition coefficient (Wildman–Crippen LogP) is 3.16. The van der Waals surface area contributed by atoms with E-state index in [1.807, 2.05) is 49.1 Å². The van der Waals surface area contributed by atoms with Crippen LogP contribution in [-0.2, 0) is 17.9 Å². The first-order valence-electron chi connectivity index (χ1n) is 14.2. The smallest absolute Gasteiger partial charge is 0.274 e. The van der Waals surface area contributed by atoms with Gasteiger partial charge < -0.3 is 20.0 Å². The molecule has 0 radical (unpaired) electrons. The van der Waals surface area contributed by atoms with Crippen molar-refractivity contribution in [2.45, 2.75) is 71.5 Å². The molecule has 9 heteroatoms. The van der Waals surface area contributed by atoms with Crippen LogP contribution >= 0.6 is 0 Å². The number of rotatable bonds is 11. The van der Waals surface area contributed by atoms with Gasteiger partial charge in [0, 0.05) is 57.8 Å². The van der Waals surface area contributed by atoms with Gasteiger partial charge in [0.15, 0.2) is 5.69 Å². The van der Waals surface area contributed by atoms with Gasteiger partial charge in [0.2, 0.25) is 5.91 Å². The van der Waals surface area contributed by atoms with Gasteiger partial charge in [-0.15, -0.1) is 0 Å². The third kappa shape index (κ3) is 7.22. The molecular formula is C29H42N6O3. The average molecular weight is 523 g/mol. The van der Waals surface area contributed by atoms with Gasteiger partial charge in [0.25, 0.3) is 11.8 Å². The van der Waals surface area contributed by atoms with Crippen LogP contribution in [0, 0.1) is 0 Å². The third-order valence-electron chi connectivity index (χ3n) is 7.68. The number of piperidine rings is 1. The zero-order valence-electron chi connectivity index (χ0n) is 22.9. The first kappa shape index (κ1) is 27.8. The Balaban J connectivity index is 1.37. The number of hydrogen-bond donors (Lipinski definition) is 1. The molecule has 1 aromatic carbocycles. The van der Waals surface area contributed by atoms with Crippen LogP contribution in [0.4, 0.5) is 0 Å². The number of carbonyl (C=O) groups is 3. The summed E-state index contributed by atoms with van der Waals surface area (Å²) >= 11 is 0. The van der Waals surface area contributed by atoms with Crippen LogP contribution in [0.3, 0.4) is 0 Å². The molecule has 2 aliphatic heterocycles. The molecule has 0 bridgehead atoms. The maximum Gasteiger partial charge on any atom is 0.274 e. The van der Waals surface area contributed by atoms with Crippen LogP contribution in [0.2, 0.25) is 0 Å². The number of fused-ring (bicyclic) bond motifs is 1. The summed E-state index contributed by atoms with van der Waals surface area (Å²) in [6.07, 6.45) is 5.53. The molecular weight excluding hydrogens is 480 g/mol. The van der Waals surface area contributed by atoms with Crippen LogP contribution in [0.1, 0.15) is 78.9 Å². The van der Waals surface area contributed by atoms with Gasteiger partial charge in [-0.25, -0.2) is 0 Å². The highest BCUT2D eigenvalue weighted by Gasteiger charge is 2.29. The lowest BCUT2D eigenvalue weighted by Gasteiger charge is -2.28. The topological polar surface area (TPSA) is 90.8 Å². The second kappa shape index (κ2) is 13.6. The zero-order chi connectivity index (χ0) is 26.9. The van der Waals surface area contributed by atoms with E-state index in [-0.39, 0.29) is 35.9 Å². The van der Waals surface area contributed by atoms with Gasteiger partial charge in [0.05, 0.1) is 0 Å². The molecule has 0 unspecified atom stereocenters. The molecule has 1 saturated heterocycles. The Morgan fingerprint density at radius 3 is 2.55 bits per heavy atom. The van der Waals surface area contributed by atoms with Gasteiger partial charge >= 0.3 is 0 Å². The van der Waals surface area contributed by atoms with Crippen molar-refractivity contribution in [1.82, 2.24) is 29.8 Å². The zero-order valence-corrected chi connectivity index (χ0v) is 22.9. The van der Waals surface area contributed by atoms with Crippen LogP contribution in [0.5, 0.6) is 0 Å². The van der Waals surface area contributed by atoms with Crippen molar-refractivity contribution in [2.75, 3.05) is 39.3 Å². The molecule has 0 spiro atoms. The van der Waals surface area contributed by atoms with Crippen LogP contribution in [0.25, 0.3) is 0 Å². The first-order chi connectivity index (χ1) is 18.5. The maximum absolute atomic E-state index is 13.5. The number of amides is 3. The summed E-state index contributed by atoms with van der Waals surface area (Å²) in [5.41, 5.74) is 1.78. The fraction of sp³-hybridized carbons (Fsp3) is 0.586. The van der Waals surface area contributed by atoms with Crippen molar-refractivity contribution in [1.29, 1.82) is 0 Å². The Labute approximate surface area is 226 Å². The van der Waals surface area contributed by atoms with E-state index in [1.165, 1.54) is 19.3 Å². The highest BCUT2D eigenvalue weighted by molar-refractivity contribution is 5.98. The number of nitrogens with zero attached hydrogens (tertiary/aromatic N) is 5. The number of benzene rings is 1. The number of likely N-dealkylation sites (tertiary alicyclic amines) is 1. The Bertz CT molecular complexity index is 1080. The van der Waals surface area contributed by atoms with Crippen molar-refractivity contribution in [3.05, 3.63) is 53.3 Å². The number of nitrogens with one attached hydrogen (secondary N) is 1. The van der Waals surface area contributed by atoms with E-state index < -0.39 is 0 Å². The Morgan fingerprint density at radius 1 is 1.05 bits per heavy atom. The van der Waals surface area contributed by atoms with E-state index in [2.05, 4.69) is 15.3 Å². The molecule has 206 valence electrons. The molecule has 38 heavy (non-hydrogen) atoms. The average Bonchev–Trinajstić information content (AvgIpc) is 3.31. The molecule has 1 N–H and O–H groups in total. The van der Waals surface area contributed by atoms with Gasteiger partial charge in [-0.1, -0.05) is 43.7 Å². The second-order valence-electron chi connectivity index (χ2n) is 10.5. The van der Waals surface area contributed by atoms with E-state index in [0.29, 0.717) is 38.4 Å². The first-order valence-corrected chi connectivity index (χ1v) is 14.2. The molecule has 3 heterocycles. The summed E-state index contributed by atoms with van der Waals surface area (Å²) in [6, 6.07) is 11.5. The Kier molecular flexibility index (Phi) is 9.92. The second-order valence-corrected chi connectivity index (χ2v) is 10.5. The minimum absolute atomic E-state index is 0.0459. The standard InChI is InChI=1S/C29H42N6O3/c1-3-23(2)34(19-13-27(36)30-14-20-32-15-8-5-9-16-32)28(37)25-21-26-29(38)33(17-10-18-35(26)31-25)22-24-11-6-4-7-12-24/h4,6-7,11-12,21,23H,3,5,8-10,13-20,22H2,1-2H3,(H,30,36)/t23-/m1/s1. The molecule has 0 aliphatic carbocycles. The predicted molar refractivity (Wildman–Crippen MR) is 147 cm³/mol. The quantitative estimate of drug-likeness (QED) is 0.490. The monoisotopic (exact) mass is 522 g/mol. The molecule has 1 fully saturated rings. The lowest BCUT2D eigenvalue weighted by Crippen LogP contribution is -2.42. The van der Waals surface area contributed by atoms with Gasteiger partial charge in [-0.2, -0.15) is 5.10 Å². The molecule has 9 nitrogen and oxygen atoms in total. The largest absolute Gasteiger partial charge is 0.355 e. The van der Waals surface area contributed by atoms with E-state index in [1.54, 1.807) is 15.6 Å². The summed E-state index contributed by atoms with van der Waals surface area (Å²) in [4.78, 5) is 45.4. The van der Waals surface area contributed by atoms with Crippen molar-refractivity contribution < 1.29 is 14.4 Å². The summed E-state index contributed by atoms with van der Waals surface area (Å²) in [6.45, 7) is 9.80. The lowest BCUT2D eigenvalue weighted by molar-refractivity contribution is -0.121. The van der Waals surface area contributed by atoms with Crippen LogP contribution in [-0.4, -0.2) is 87.5 Å². The normalized spacial score (nSPS) is 17.0. The van der Waals surface area contributed by atoms with Crippen molar-refractivity contribution in [2.24, 2.45) is 0 Å². The SMILES string of the molecule is CC[C@@H](C)N(CCC(=O)NCCN1CCCCC1)C(=O)c1cc2n(n1)CCCN(Cc1ccccc1)C2=O. The molecule has 2 aliphatic rings. The summed E-state index contributed by atoms with van der Waals surface area (Å²) in [5, 5.41) is 7.55. The van der Waals surface area contributed by atoms with Crippen molar-refractivity contribution in [3.8, 4) is 0 Å². The van der Waals surface area contributed by atoms with Crippen LogP contribution < -0.4 is 5.32 Å². The minimum Gasteiger partial charge on any atom is -0.355 e. The summed E-state index contributed by atoms with van der Waals surface area (Å²) in [5.74, 6) is -0.389. The van der Waals surface area contributed by atoms with Crippen LogP contribution in [0.15, 0.2) is 36.4 Å². The maximum atomic E-state index is 13.5. The lowest BCUT2D eigenvalue weighted by atomic mass is 10.1. The molecule has 0 saturated carbocycles. The van der Waals surface area contributed by atoms with Gasteiger partial charge in [0.1, 0.15) is 5.69 Å². The summed E-state index contributed by atoms with van der Waals surface area (Å²) in [7, 11) is 0. The third-order valence-corrected chi connectivity index (χ3v) is 7.68. The molecule has 4 rings (SSSR count). The highest BCUT2D eigenvalue weighted by atomic mass is 16.2. The molecule has 3 amide bonds. The number of aryl methyl sites for hydroxylation is 1. The van der Waals surface area contributed by atoms with E-state index >= 15 is 0 Å². The van der Waals surface area contributed by atoms with Crippen molar-refractivity contribution >= 4 is 17.7 Å². The van der Waals surface area contributed by atoms with Gasteiger partial charge in [-0.3, -0.25) is 19.1 Å². The number of hydrogen-bond acceptors (Lipinski definition) is 5. The van der Waals surface area contributed by atoms with E-state index in [0.717, 1.165) is 38.0 Å². The summed E-state index contributed by atoms with van der Waals surface area (Å²) < 4.78 is 1.67. The molecule has 2 aromatic rings. The van der Waals surface area contributed by atoms with E-state index in [9.17, 15) is 14.4 Å². The van der Waals surface area contributed by atoms with E-state index in [4.69, 9.17) is 0 Å². The van der Waals surface area contributed by atoms with Crippen molar-refractivity contribution in [3.63, 3.8) is 0 Å². The fourth-order valence-electron chi connectivity index (χ4n) is 5.23. The fourth-order valence-corrected chi connectivity index (χ4v) is 5.23. The Morgan fingerprint density at radius 2 is 1.82 bits per heavy atom.